The summed E-state index contributed by atoms with van der Waals surface area (Å²) in [6.45, 7) is 2.06. The number of fused-ring (bicyclic) bond motifs is 1. The Morgan fingerprint density at radius 1 is 0.442 bits per heavy atom. The van der Waals surface area contributed by atoms with Crippen molar-refractivity contribution in [2.24, 2.45) is 0 Å². The van der Waals surface area contributed by atoms with Crippen molar-refractivity contribution in [3.05, 3.63) is 245 Å². The van der Waals surface area contributed by atoms with Gasteiger partial charge in [-0.2, -0.15) is 0 Å². The molecule has 2 saturated heterocycles. The molecule has 3 aliphatic heterocycles. The summed E-state index contributed by atoms with van der Waals surface area (Å²) in [7, 11) is 0. The standard InChI is InChI=1S/C63H61NO12S/c1-43(65)74-59-58(72-40-48-30-16-6-17-31-48)56(70-38-46-26-12-4-13-27-46)52(41-68-36-44-22-8-2-9-23-44)75-62(59)73-42-53-55(69-37-45-24-10-3-11-25-45)57(71-39-47-28-14-5-15-29-47)54(63(76-53)77-49-32-18-7-19-33-49)64-60(66)50-34-20-21-35-51(50)61(64)67/h2-35,52-59,62-63H,36-42H2,1H3/t52-,53-,54-,55-,56-,57-,58+,59+,62+,63+/m1/s1. The Morgan fingerprint density at radius 3 is 1.30 bits per heavy atom. The zero-order valence-electron chi connectivity index (χ0n) is 42.6. The zero-order valence-corrected chi connectivity index (χ0v) is 43.4. The summed E-state index contributed by atoms with van der Waals surface area (Å²) in [5.41, 5.74) is 4.18. The van der Waals surface area contributed by atoms with Crippen LogP contribution in [0.2, 0.25) is 0 Å². The largest absolute Gasteiger partial charge is 0.454 e. The lowest BCUT2D eigenvalue weighted by atomic mass is 9.95. The van der Waals surface area contributed by atoms with Gasteiger partial charge in [-0.05, 0) is 52.1 Å². The van der Waals surface area contributed by atoms with Crippen molar-refractivity contribution in [2.75, 3.05) is 13.2 Å². The van der Waals surface area contributed by atoms with Gasteiger partial charge < -0.3 is 42.6 Å². The Hall–Kier alpha value is -6.82. The number of carbonyl (C=O) groups excluding carboxylic acids is 3. The Kier molecular flexibility index (Phi) is 18.4. The maximum atomic E-state index is 14.7. The number of amides is 2. The molecule has 3 aliphatic rings. The number of benzene rings is 7. The fraction of sp³-hybridized carbons (Fsp3) is 0.286. The van der Waals surface area contributed by atoms with E-state index in [9.17, 15) is 14.4 Å². The predicted octanol–water partition coefficient (Wildman–Crippen LogP) is 10.4. The minimum absolute atomic E-state index is 0.0576. The van der Waals surface area contributed by atoms with E-state index < -0.39 is 78.3 Å². The van der Waals surface area contributed by atoms with Crippen LogP contribution in [0.15, 0.2) is 211 Å². The quantitative estimate of drug-likeness (QED) is 0.0444. The maximum absolute atomic E-state index is 14.7. The topological polar surface area (TPSA) is 138 Å². The summed E-state index contributed by atoms with van der Waals surface area (Å²) < 4.78 is 61.4. The Labute approximate surface area is 453 Å². The van der Waals surface area contributed by atoms with E-state index >= 15 is 0 Å². The van der Waals surface area contributed by atoms with E-state index in [0.29, 0.717) is 11.1 Å². The molecule has 0 N–H and O–H groups in total. The smallest absolute Gasteiger partial charge is 0.303 e. The van der Waals surface area contributed by atoms with Gasteiger partial charge in [0.2, 0.25) is 0 Å². The number of thioether (sulfide) groups is 1. The van der Waals surface area contributed by atoms with Crippen molar-refractivity contribution >= 4 is 29.5 Å². The molecule has 10 atom stereocenters. The minimum Gasteiger partial charge on any atom is -0.454 e. The molecule has 0 aliphatic carbocycles. The second-order valence-electron chi connectivity index (χ2n) is 19.0. The zero-order chi connectivity index (χ0) is 52.8. The van der Waals surface area contributed by atoms with E-state index in [1.807, 2.05) is 182 Å². The van der Waals surface area contributed by atoms with Gasteiger partial charge in [0, 0.05) is 11.8 Å². The molecule has 0 saturated carbocycles. The molecule has 0 aromatic heterocycles. The first kappa shape index (κ1) is 53.6. The van der Waals surface area contributed by atoms with Crippen LogP contribution in [0.3, 0.4) is 0 Å². The number of carbonyl (C=O) groups is 3. The monoisotopic (exact) mass is 1060 g/mol. The maximum Gasteiger partial charge on any atom is 0.303 e. The molecule has 7 aromatic carbocycles. The summed E-state index contributed by atoms with van der Waals surface area (Å²) in [4.78, 5) is 44.8. The number of rotatable bonds is 23. The first-order chi connectivity index (χ1) is 37.9. The van der Waals surface area contributed by atoms with Crippen molar-refractivity contribution in [1.82, 2.24) is 4.90 Å². The van der Waals surface area contributed by atoms with Gasteiger partial charge in [0.15, 0.2) is 12.4 Å². The van der Waals surface area contributed by atoms with Crippen LogP contribution >= 0.6 is 11.8 Å². The lowest BCUT2D eigenvalue weighted by molar-refractivity contribution is -0.328. The normalized spacial score (nSPS) is 24.1. The van der Waals surface area contributed by atoms with Gasteiger partial charge >= 0.3 is 5.97 Å². The van der Waals surface area contributed by atoms with E-state index in [0.717, 1.165) is 32.7 Å². The fourth-order valence-electron chi connectivity index (χ4n) is 9.88. The average molecular weight is 1060 g/mol. The van der Waals surface area contributed by atoms with E-state index in [-0.39, 0.29) is 46.2 Å². The highest BCUT2D eigenvalue weighted by Gasteiger charge is 2.56. The van der Waals surface area contributed by atoms with Crippen LogP contribution < -0.4 is 0 Å². The summed E-state index contributed by atoms with van der Waals surface area (Å²) in [5, 5.41) is 0. The van der Waals surface area contributed by atoms with Crippen LogP contribution in [0.25, 0.3) is 0 Å². The molecule has 14 heteroatoms. The number of hydrogen-bond donors (Lipinski definition) is 0. The second-order valence-corrected chi connectivity index (χ2v) is 20.2. The molecule has 2 amide bonds. The van der Waals surface area contributed by atoms with Crippen LogP contribution in [-0.4, -0.2) is 96.4 Å². The third kappa shape index (κ3) is 13.7. The van der Waals surface area contributed by atoms with Gasteiger partial charge in [0.1, 0.15) is 48.1 Å². The van der Waals surface area contributed by atoms with Crippen molar-refractivity contribution in [3.63, 3.8) is 0 Å². The van der Waals surface area contributed by atoms with Gasteiger partial charge in [0.05, 0.1) is 57.4 Å². The molecule has 7 aromatic rings. The van der Waals surface area contributed by atoms with Crippen LogP contribution in [0.1, 0.15) is 55.5 Å². The number of ether oxygens (including phenoxy) is 9. The third-order valence-corrected chi connectivity index (χ3v) is 14.8. The molecule has 3 heterocycles. The summed E-state index contributed by atoms with van der Waals surface area (Å²) >= 11 is 1.36. The van der Waals surface area contributed by atoms with E-state index in [1.165, 1.54) is 23.6 Å². The van der Waals surface area contributed by atoms with Gasteiger partial charge in [-0.25, -0.2) is 0 Å². The molecule has 0 bridgehead atoms. The van der Waals surface area contributed by atoms with Crippen LogP contribution in [0, 0.1) is 0 Å². The lowest BCUT2D eigenvalue weighted by Crippen LogP contribution is -2.66. The van der Waals surface area contributed by atoms with Crippen molar-refractivity contribution < 1.29 is 57.0 Å². The van der Waals surface area contributed by atoms with Gasteiger partial charge in [-0.15, -0.1) is 0 Å². The molecule has 0 radical (unpaired) electrons. The average Bonchev–Trinajstić information content (AvgIpc) is 3.78. The van der Waals surface area contributed by atoms with Gasteiger partial charge in [0.25, 0.3) is 11.8 Å². The fourth-order valence-corrected chi connectivity index (χ4v) is 11.1. The Morgan fingerprint density at radius 2 is 0.831 bits per heavy atom. The molecule has 13 nitrogen and oxygen atoms in total. The molecular weight excluding hydrogens is 995 g/mol. The predicted molar refractivity (Wildman–Crippen MR) is 288 cm³/mol. The van der Waals surface area contributed by atoms with Gasteiger partial charge in [-0.1, -0.05) is 194 Å². The van der Waals surface area contributed by atoms with Crippen LogP contribution in [-0.2, 0) is 80.5 Å². The van der Waals surface area contributed by atoms with E-state index in [2.05, 4.69) is 0 Å². The van der Waals surface area contributed by atoms with Crippen molar-refractivity contribution in [3.8, 4) is 0 Å². The lowest BCUT2D eigenvalue weighted by Gasteiger charge is -2.49. The Balaban J connectivity index is 1.03. The minimum atomic E-state index is -1.27. The third-order valence-electron chi connectivity index (χ3n) is 13.6. The number of imide groups is 1. The molecule has 2 fully saturated rings. The highest BCUT2D eigenvalue weighted by atomic mass is 32.2. The van der Waals surface area contributed by atoms with Crippen molar-refractivity contribution in [2.45, 2.75) is 105 Å². The SMILES string of the molecule is CC(=O)O[C@@H]1[C@@H](OC[C@H]2O[C@@H](Sc3ccccc3)[C@H](N3C(=O)c4ccccc4C3=O)[C@@H](OCc3ccccc3)[C@@H]2OCc2ccccc2)O[C@H](COCc2ccccc2)[C@@H](OCc2ccccc2)[C@@H]1OCc1ccccc1. The first-order valence-corrected chi connectivity index (χ1v) is 26.8. The summed E-state index contributed by atoms with van der Waals surface area (Å²) in [6, 6.07) is 64.1. The van der Waals surface area contributed by atoms with E-state index in [4.69, 9.17) is 42.6 Å². The van der Waals surface area contributed by atoms with Crippen molar-refractivity contribution in [1.29, 1.82) is 0 Å². The molecule has 10 rings (SSSR count). The number of nitrogens with zero attached hydrogens (tertiary/aromatic N) is 1. The highest BCUT2D eigenvalue weighted by Crippen LogP contribution is 2.42. The number of esters is 1. The first-order valence-electron chi connectivity index (χ1n) is 25.9. The molecule has 396 valence electrons. The summed E-state index contributed by atoms with van der Waals surface area (Å²) in [5.74, 6) is -1.51. The molecule has 77 heavy (non-hydrogen) atoms. The van der Waals surface area contributed by atoms with Crippen LogP contribution in [0.5, 0.6) is 0 Å². The van der Waals surface area contributed by atoms with E-state index in [1.54, 1.807) is 24.3 Å². The molecule has 0 spiro atoms. The highest BCUT2D eigenvalue weighted by molar-refractivity contribution is 7.99. The van der Waals surface area contributed by atoms with Crippen LogP contribution in [0.4, 0.5) is 0 Å². The second kappa shape index (κ2) is 26.5. The Bertz CT molecular complexity index is 2930. The van der Waals surface area contributed by atoms with Gasteiger partial charge in [-0.3, -0.25) is 19.3 Å². The molecular formula is C63H61NO12S. The number of hydrogen-bond acceptors (Lipinski definition) is 13. The molecule has 0 unspecified atom stereocenters. The summed E-state index contributed by atoms with van der Waals surface area (Å²) in [6.07, 6.45) is -7.92.